The van der Waals surface area contributed by atoms with Gasteiger partial charge in [0.05, 0.1) is 0 Å². The molecule has 1 aromatic carbocycles. The molecule has 3 nitrogen and oxygen atoms in total. The monoisotopic (exact) mass is 327 g/mol. The SMILES string of the molecule is O=C(OCc1ccccc1)N1CCC=C(CC2CCCCC2)CC1. The number of carbonyl (C=O) groups is 1. The summed E-state index contributed by atoms with van der Waals surface area (Å²) in [6.07, 6.45) is 12.4. The molecule has 24 heavy (non-hydrogen) atoms. The Morgan fingerprint density at radius 3 is 2.67 bits per heavy atom. The van der Waals surface area contributed by atoms with E-state index >= 15 is 0 Å². The highest BCUT2D eigenvalue weighted by Crippen LogP contribution is 2.30. The number of hydrogen-bond acceptors (Lipinski definition) is 2. The summed E-state index contributed by atoms with van der Waals surface area (Å²) in [5.74, 6) is 0.876. The molecule has 1 saturated carbocycles. The third-order valence-corrected chi connectivity index (χ3v) is 5.27. The quantitative estimate of drug-likeness (QED) is 0.701. The Labute approximate surface area is 145 Å². The first-order valence-corrected chi connectivity index (χ1v) is 9.45. The fourth-order valence-corrected chi connectivity index (χ4v) is 3.86. The van der Waals surface area contributed by atoms with E-state index < -0.39 is 0 Å². The summed E-state index contributed by atoms with van der Waals surface area (Å²) in [6.45, 7) is 1.94. The van der Waals surface area contributed by atoms with Crippen LogP contribution in [0.2, 0.25) is 0 Å². The van der Waals surface area contributed by atoms with Crippen LogP contribution in [0.5, 0.6) is 0 Å². The molecule has 0 unspecified atom stereocenters. The summed E-state index contributed by atoms with van der Waals surface area (Å²) in [7, 11) is 0. The first-order chi connectivity index (χ1) is 11.8. The van der Waals surface area contributed by atoms with Gasteiger partial charge in [-0.1, -0.05) is 74.1 Å². The fraction of sp³-hybridized carbons (Fsp3) is 0.571. The van der Waals surface area contributed by atoms with Gasteiger partial charge in [0.1, 0.15) is 6.61 Å². The van der Waals surface area contributed by atoms with E-state index in [0.29, 0.717) is 6.61 Å². The Morgan fingerprint density at radius 1 is 1.08 bits per heavy atom. The highest BCUT2D eigenvalue weighted by atomic mass is 16.6. The van der Waals surface area contributed by atoms with Gasteiger partial charge in [0.2, 0.25) is 0 Å². The number of carbonyl (C=O) groups excluding carboxylic acids is 1. The van der Waals surface area contributed by atoms with Crippen LogP contribution >= 0.6 is 0 Å². The molecule has 1 aromatic rings. The van der Waals surface area contributed by atoms with Gasteiger partial charge in [0, 0.05) is 13.1 Å². The minimum absolute atomic E-state index is 0.175. The molecule has 3 rings (SSSR count). The topological polar surface area (TPSA) is 29.5 Å². The van der Waals surface area contributed by atoms with Crippen molar-refractivity contribution >= 4 is 6.09 Å². The zero-order valence-corrected chi connectivity index (χ0v) is 14.6. The zero-order valence-electron chi connectivity index (χ0n) is 14.6. The third kappa shape index (κ3) is 5.12. The Kier molecular flexibility index (Phi) is 6.33. The van der Waals surface area contributed by atoms with Crippen LogP contribution in [-0.4, -0.2) is 24.1 Å². The van der Waals surface area contributed by atoms with Crippen LogP contribution in [0, 0.1) is 5.92 Å². The van der Waals surface area contributed by atoms with Crippen molar-refractivity contribution in [2.75, 3.05) is 13.1 Å². The molecule has 0 saturated heterocycles. The standard InChI is InChI=1S/C21H29NO2/c23-21(24-17-20-10-5-2-6-11-20)22-14-7-12-19(13-15-22)16-18-8-3-1-4-9-18/h2,5-6,10-12,18H,1,3-4,7-9,13-17H2. The van der Waals surface area contributed by atoms with Crippen molar-refractivity contribution in [3.05, 3.63) is 47.5 Å². The number of ether oxygens (including phenoxy) is 1. The predicted molar refractivity (Wildman–Crippen MR) is 96.7 cm³/mol. The molecule has 1 aliphatic carbocycles. The Bertz CT molecular complexity index is 546. The average Bonchev–Trinajstić information content (AvgIpc) is 2.87. The van der Waals surface area contributed by atoms with Gasteiger partial charge in [-0.15, -0.1) is 0 Å². The van der Waals surface area contributed by atoms with Crippen molar-refractivity contribution in [1.29, 1.82) is 0 Å². The van der Waals surface area contributed by atoms with Gasteiger partial charge in [0.15, 0.2) is 0 Å². The third-order valence-electron chi connectivity index (χ3n) is 5.27. The lowest BCUT2D eigenvalue weighted by Gasteiger charge is -2.23. The van der Waals surface area contributed by atoms with Gasteiger partial charge < -0.3 is 9.64 Å². The molecule has 0 atom stereocenters. The Balaban J connectivity index is 1.43. The molecule has 1 fully saturated rings. The maximum Gasteiger partial charge on any atom is 0.410 e. The van der Waals surface area contributed by atoms with Gasteiger partial charge in [-0.3, -0.25) is 0 Å². The molecule has 2 aliphatic rings. The van der Waals surface area contributed by atoms with Gasteiger partial charge in [-0.05, 0) is 30.7 Å². The minimum Gasteiger partial charge on any atom is -0.445 e. The van der Waals surface area contributed by atoms with E-state index in [4.69, 9.17) is 4.74 Å². The molecule has 3 heteroatoms. The summed E-state index contributed by atoms with van der Waals surface area (Å²) < 4.78 is 5.47. The first kappa shape index (κ1) is 17.1. The van der Waals surface area contributed by atoms with Gasteiger partial charge in [0.25, 0.3) is 0 Å². The lowest BCUT2D eigenvalue weighted by Crippen LogP contribution is -2.32. The molecule has 1 amide bonds. The maximum absolute atomic E-state index is 12.3. The number of benzene rings is 1. The Hall–Kier alpha value is -1.77. The van der Waals surface area contributed by atoms with Crippen LogP contribution in [0.15, 0.2) is 42.0 Å². The molecule has 1 aliphatic heterocycles. The second kappa shape index (κ2) is 8.91. The molecular weight excluding hydrogens is 298 g/mol. The molecule has 0 spiro atoms. The summed E-state index contributed by atoms with van der Waals surface area (Å²) in [5, 5.41) is 0. The Morgan fingerprint density at radius 2 is 1.88 bits per heavy atom. The van der Waals surface area contributed by atoms with Crippen LogP contribution in [0.3, 0.4) is 0 Å². The summed E-state index contributed by atoms with van der Waals surface area (Å²) in [5.41, 5.74) is 2.59. The van der Waals surface area contributed by atoms with Gasteiger partial charge in [-0.2, -0.15) is 0 Å². The van der Waals surface area contributed by atoms with Crippen LogP contribution in [0.4, 0.5) is 4.79 Å². The lowest BCUT2D eigenvalue weighted by atomic mass is 9.84. The predicted octanol–water partition coefficient (Wildman–Crippen LogP) is 5.32. The van der Waals surface area contributed by atoms with E-state index in [0.717, 1.165) is 37.4 Å². The van der Waals surface area contributed by atoms with Gasteiger partial charge >= 0.3 is 6.09 Å². The molecule has 130 valence electrons. The molecule has 0 N–H and O–H groups in total. The fourth-order valence-electron chi connectivity index (χ4n) is 3.86. The van der Waals surface area contributed by atoms with Crippen LogP contribution in [0.1, 0.15) is 56.9 Å². The van der Waals surface area contributed by atoms with Gasteiger partial charge in [-0.25, -0.2) is 4.79 Å². The van der Waals surface area contributed by atoms with E-state index in [9.17, 15) is 4.79 Å². The second-order valence-electron chi connectivity index (χ2n) is 7.14. The molecular formula is C21H29NO2. The van der Waals surface area contributed by atoms with Crippen molar-refractivity contribution in [2.45, 2.75) is 58.0 Å². The number of hydrogen-bond donors (Lipinski definition) is 0. The number of amides is 1. The van der Waals surface area contributed by atoms with Crippen molar-refractivity contribution in [2.24, 2.45) is 5.92 Å². The summed E-state index contributed by atoms with van der Waals surface area (Å²) in [6, 6.07) is 9.88. The normalized spacial score (nSPS) is 19.5. The maximum atomic E-state index is 12.3. The van der Waals surface area contributed by atoms with E-state index in [1.165, 1.54) is 38.5 Å². The molecule has 0 aromatic heterocycles. The van der Waals surface area contributed by atoms with Crippen molar-refractivity contribution in [3.8, 4) is 0 Å². The van der Waals surface area contributed by atoms with E-state index in [1.54, 1.807) is 5.57 Å². The summed E-state index contributed by atoms with van der Waals surface area (Å²) >= 11 is 0. The lowest BCUT2D eigenvalue weighted by molar-refractivity contribution is 0.0977. The van der Waals surface area contributed by atoms with Crippen LogP contribution < -0.4 is 0 Å². The minimum atomic E-state index is -0.175. The smallest absolute Gasteiger partial charge is 0.410 e. The first-order valence-electron chi connectivity index (χ1n) is 9.45. The number of rotatable bonds is 4. The van der Waals surface area contributed by atoms with Crippen LogP contribution in [-0.2, 0) is 11.3 Å². The highest BCUT2D eigenvalue weighted by molar-refractivity contribution is 5.67. The largest absolute Gasteiger partial charge is 0.445 e. The van der Waals surface area contributed by atoms with Crippen molar-refractivity contribution < 1.29 is 9.53 Å². The highest BCUT2D eigenvalue weighted by Gasteiger charge is 2.20. The van der Waals surface area contributed by atoms with E-state index in [1.807, 2.05) is 35.2 Å². The van der Waals surface area contributed by atoms with Crippen LogP contribution in [0.25, 0.3) is 0 Å². The number of nitrogens with zero attached hydrogens (tertiary/aromatic N) is 1. The molecule has 1 heterocycles. The van der Waals surface area contributed by atoms with E-state index in [2.05, 4.69) is 6.08 Å². The summed E-state index contributed by atoms with van der Waals surface area (Å²) in [4.78, 5) is 14.2. The average molecular weight is 327 g/mol. The molecule has 0 bridgehead atoms. The zero-order chi connectivity index (χ0) is 16.6. The van der Waals surface area contributed by atoms with Crippen molar-refractivity contribution in [3.63, 3.8) is 0 Å². The van der Waals surface area contributed by atoms with Crippen molar-refractivity contribution in [1.82, 2.24) is 4.90 Å². The second-order valence-corrected chi connectivity index (χ2v) is 7.14. The molecule has 0 radical (unpaired) electrons. The van der Waals surface area contributed by atoms with E-state index in [-0.39, 0.29) is 6.09 Å².